The van der Waals surface area contributed by atoms with Gasteiger partial charge in [0, 0.05) is 6.54 Å². The summed E-state index contributed by atoms with van der Waals surface area (Å²) >= 11 is 0. The number of benzene rings is 2. The summed E-state index contributed by atoms with van der Waals surface area (Å²) in [4.78, 5) is 13.0. The molecule has 0 radical (unpaired) electrons. The second-order valence-electron chi connectivity index (χ2n) is 6.19. The molecule has 0 amide bonds. The second kappa shape index (κ2) is 6.48. The van der Waals surface area contributed by atoms with Crippen molar-refractivity contribution in [3.8, 4) is 0 Å². The average molecular weight is 341 g/mol. The maximum atomic E-state index is 13.0. The number of imidazole rings is 1. The van der Waals surface area contributed by atoms with E-state index in [-0.39, 0.29) is 5.78 Å². The zero-order valence-electron chi connectivity index (χ0n) is 14.6. The van der Waals surface area contributed by atoms with Gasteiger partial charge in [0.25, 0.3) is 0 Å². The summed E-state index contributed by atoms with van der Waals surface area (Å²) in [5.41, 5.74) is 5.19. The van der Waals surface area contributed by atoms with Gasteiger partial charge in [-0.15, -0.1) is 6.58 Å². The third-order valence-electron chi connectivity index (χ3n) is 4.48. The van der Waals surface area contributed by atoms with E-state index in [0.717, 1.165) is 27.9 Å². The molecule has 4 rings (SSSR count). The predicted octanol–water partition coefficient (Wildman–Crippen LogP) is 4.68. The van der Waals surface area contributed by atoms with Crippen LogP contribution in [0.15, 0.2) is 73.3 Å². The van der Waals surface area contributed by atoms with Crippen LogP contribution in [0, 0.1) is 6.92 Å². The van der Waals surface area contributed by atoms with Crippen molar-refractivity contribution in [2.24, 2.45) is 0 Å². The van der Waals surface area contributed by atoms with Crippen LogP contribution in [-0.4, -0.2) is 20.0 Å². The van der Waals surface area contributed by atoms with Crippen molar-refractivity contribution in [1.82, 2.24) is 14.2 Å². The Morgan fingerprint density at radius 1 is 1.08 bits per heavy atom. The van der Waals surface area contributed by atoms with Crippen molar-refractivity contribution < 1.29 is 4.79 Å². The number of hydrogen-bond donors (Lipinski definition) is 0. The number of para-hydroxylation sites is 2. The smallest absolute Gasteiger partial charge is 0.191 e. The first-order valence-corrected chi connectivity index (χ1v) is 8.55. The molecule has 0 unspecified atom stereocenters. The van der Waals surface area contributed by atoms with E-state index in [0.29, 0.717) is 12.1 Å². The maximum Gasteiger partial charge on any atom is 0.191 e. The number of fused-ring (bicyclic) bond motifs is 3. The highest BCUT2D eigenvalue weighted by molar-refractivity contribution is 6.12. The number of ketones is 1. The van der Waals surface area contributed by atoms with E-state index in [1.807, 2.05) is 78.2 Å². The van der Waals surface area contributed by atoms with Gasteiger partial charge in [-0.25, -0.2) is 4.52 Å². The van der Waals surface area contributed by atoms with Crippen LogP contribution in [0.2, 0.25) is 0 Å². The fourth-order valence-electron chi connectivity index (χ4n) is 3.34. The van der Waals surface area contributed by atoms with Crippen molar-refractivity contribution in [2.75, 3.05) is 0 Å². The van der Waals surface area contributed by atoms with Gasteiger partial charge in [-0.2, -0.15) is 5.10 Å². The van der Waals surface area contributed by atoms with Crippen molar-refractivity contribution in [3.05, 3.63) is 90.1 Å². The molecular weight excluding hydrogens is 322 g/mol. The van der Waals surface area contributed by atoms with E-state index in [1.165, 1.54) is 0 Å². The molecule has 0 saturated carbocycles. The average Bonchev–Trinajstić information content (AvgIpc) is 3.15. The Morgan fingerprint density at radius 2 is 1.77 bits per heavy atom. The van der Waals surface area contributed by atoms with Gasteiger partial charge >= 0.3 is 0 Å². The lowest BCUT2D eigenvalue weighted by molar-refractivity contribution is 0.104. The van der Waals surface area contributed by atoms with Crippen LogP contribution in [0.25, 0.3) is 22.8 Å². The molecule has 2 aromatic carbocycles. The number of allylic oxidation sites excluding steroid dienone is 2. The number of aromatic nitrogens is 3. The Kier molecular flexibility index (Phi) is 4.01. The van der Waals surface area contributed by atoms with Gasteiger partial charge in [0.1, 0.15) is 5.65 Å². The molecule has 0 fully saturated rings. The summed E-state index contributed by atoms with van der Waals surface area (Å²) in [7, 11) is 0. The maximum absolute atomic E-state index is 13.0. The molecule has 4 heteroatoms. The van der Waals surface area contributed by atoms with E-state index in [9.17, 15) is 4.79 Å². The Labute approximate surface area is 151 Å². The highest BCUT2D eigenvalue weighted by Crippen LogP contribution is 2.26. The second-order valence-corrected chi connectivity index (χ2v) is 6.19. The summed E-state index contributed by atoms with van der Waals surface area (Å²) < 4.78 is 3.95. The molecule has 0 bridgehead atoms. The van der Waals surface area contributed by atoms with Crippen LogP contribution >= 0.6 is 0 Å². The third kappa shape index (κ3) is 2.56. The van der Waals surface area contributed by atoms with Crippen LogP contribution in [0.4, 0.5) is 0 Å². The number of hydrogen-bond acceptors (Lipinski definition) is 2. The molecule has 0 N–H and O–H groups in total. The molecule has 0 aliphatic heterocycles. The topological polar surface area (TPSA) is 39.3 Å². The van der Waals surface area contributed by atoms with Gasteiger partial charge in [-0.05, 0) is 30.7 Å². The SMILES string of the molecule is C=CCn1c2ccccc2n2nc(C)c(C(=O)/C=C/c3ccccc3)c12. The molecule has 4 nitrogen and oxygen atoms in total. The largest absolute Gasteiger partial charge is 0.320 e. The molecule has 128 valence electrons. The minimum Gasteiger partial charge on any atom is -0.320 e. The number of rotatable bonds is 5. The molecular formula is C22H19N3O. The number of carbonyl (C=O) groups excluding carboxylic acids is 1. The molecule has 0 spiro atoms. The first kappa shape index (κ1) is 16.1. The normalized spacial score (nSPS) is 11.6. The lowest BCUT2D eigenvalue weighted by Crippen LogP contribution is -2.02. The molecule has 0 aliphatic rings. The van der Waals surface area contributed by atoms with Crippen LogP contribution in [0.3, 0.4) is 0 Å². The van der Waals surface area contributed by atoms with Crippen molar-refractivity contribution in [1.29, 1.82) is 0 Å². The number of nitrogens with zero attached hydrogens (tertiary/aromatic N) is 3. The zero-order valence-corrected chi connectivity index (χ0v) is 14.6. The number of aryl methyl sites for hydroxylation is 1. The summed E-state index contributed by atoms with van der Waals surface area (Å²) in [6.45, 7) is 6.35. The van der Waals surface area contributed by atoms with Gasteiger partial charge < -0.3 is 4.57 Å². The van der Waals surface area contributed by atoms with E-state index >= 15 is 0 Å². The highest BCUT2D eigenvalue weighted by atomic mass is 16.1. The van der Waals surface area contributed by atoms with Gasteiger partial charge in [0.15, 0.2) is 5.78 Å². The molecule has 4 aromatic rings. The van der Waals surface area contributed by atoms with Gasteiger partial charge in [0.2, 0.25) is 0 Å². The Morgan fingerprint density at radius 3 is 2.50 bits per heavy atom. The first-order chi connectivity index (χ1) is 12.7. The summed E-state index contributed by atoms with van der Waals surface area (Å²) in [5, 5.41) is 4.63. The Hall–Kier alpha value is -3.40. The van der Waals surface area contributed by atoms with Crippen molar-refractivity contribution in [2.45, 2.75) is 13.5 Å². The highest BCUT2D eigenvalue weighted by Gasteiger charge is 2.21. The lowest BCUT2D eigenvalue weighted by atomic mass is 10.1. The standard InChI is InChI=1S/C22H19N3O/c1-3-15-24-18-11-7-8-12-19(18)25-22(24)21(16(2)23-25)20(26)14-13-17-9-5-4-6-10-17/h3-14H,1,15H2,2H3/b14-13+. The molecule has 2 heterocycles. The van der Waals surface area contributed by atoms with Crippen LogP contribution in [0.1, 0.15) is 21.6 Å². The fraction of sp³-hybridized carbons (Fsp3) is 0.0909. The van der Waals surface area contributed by atoms with Crippen LogP contribution < -0.4 is 0 Å². The minimum absolute atomic E-state index is 0.0468. The quantitative estimate of drug-likeness (QED) is 0.300. The van der Waals surface area contributed by atoms with Crippen molar-refractivity contribution in [3.63, 3.8) is 0 Å². The zero-order chi connectivity index (χ0) is 18.1. The number of carbonyl (C=O) groups is 1. The van der Waals surface area contributed by atoms with Gasteiger partial charge in [-0.1, -0.05) is 54.6 Å². The predicted molar refractivity (Wildman–Crippen MR) is 105 cm³/mol. The Balaban J connectivity index is 1.89. The van der Waals surface area contributed by atoms with E-state index in [1.54, 1.807) is 6.08 Å². The molecule has 0 aliphatic carbocycles. The molecule has 0 saturated heterocycles. The molecule has 2 aromatic heterocycles. The van der Waals surface area contributed by atoms with E-state index in [2.05, 4.69) is 16.2 Å². The Bertz CT molecular complexity index is 1150. The monoisotopic (exact) mass is 341 g/mol. The fourth-order valence-corrected chi connectivity index (χ4v) is 3.34. The van der Waals surface area contributed by atoms with Crippen LogP contribution in [0.5, 0.6) is 0 Å². The summed E-state index contributed by atoms with van der Waals surface area (Å²) in [6.07, 6.45) is 5.30. The van der Waals surface area contributed by atoms with Gasteiger partial charge in [-0.3, -0.25) is 4.79 Å². The van der Waals surface area contributed by atoms with Crippen molar-refractivity contribution >= 4 is 28.5 Å². The summed E-state index contributed by atoms with van der Waals surface area (Å²) in [5.74, 6) is -0.0468. The third-order valence-corrected chi connectivity index (χ3v) is 4.48. The minimum atomic E-state index is -0.0468. The van der Waals surface area contributed by atoms with Gasteiger partial charge in [0.05, 0.1) is 22.3 Å². The summed E-state index contributed by atoms with van der Waals surface area (Å²) in [6, 6.07) is 17.8. The first-order valence-electron chi connectivity index (χ1n) is 8.55. The van der Waals surface area contributed by atoms with E-state index < -0.39 is 0 Å². The van der Waals surface area contributed by atoms with E-state index in [4.69, 9.17) is 0 Å². The lowest BCUT2D eigenvalue weighted by Gasteiger charge is -2.03. The molecule has 26 heavy (non-hydrogen) atoms. The van der Waals surface area contributed by atoms with Crippen LogP contribution in [-0.2, 0) is 6.54 Å². The molecule has 0 atom stereocenters.